The molecule has 0 atom stereocenters. The molecule has 1 radical (unpaired) electrons. The van der Waals surface area contributed by atoms with Gasteiger partial charge in [-0.25, -0.2) is 0 Å². The quantitative estimate of drug-likeness (QED) is 0.0623. The number of thiophene rings is 1. The van der Waals surface area contributed by atoms with Gasteiger partial charge in [0.1, 0.15) is 5.69 Å². The fourth-order valence-corrected chi connectivity index (χ4v) is 7.39. The summed E-state index contributed by atoms with van der Waals surface area (Å²) in [5.74, 6) is 1.17. The van der Waals surface area contributed by atoms with Crippen molar-refractivity contribution in [1.82, 2.24) is 4.98 Å². The van der Waals surface area contributed by atoms with Crippen LogP contribution in [0.3, 0.4) is 0 Å². The molecule has 0 spiro atoms. The molecule has 1 N–H and O–H groups in total. The number of pyridine rings is 2. The number of ketones is 1. The third-order valence-corrected chi connectivity index (χ3v) is 10.4. The van der Waals surface area contributed by atoms with Crippen molar-refractivity contribution in [2.45, 2.75) is 99.8 Å². The Balaban J connectivity index is 0.000000361. The van der Waals surface area contributed by atoms with Gasteiger partial charge < -0.3 is 9.67 Å². The van der Waals surface area contributed by atoms with Crippen LogP contribution in [0.2, 0.25) is 0 Å². The van der Waals surface area contributed by atoms with Crippen LogP contribution < -0.4 is 4.57 Å². The Morgan fingerprint density at radius 2 is 1.64 bits per heavy atom. The minimum absolute atomic E-state index is 0. The van der Waals surface area contributed by atoms with Crippen molar-refractivity contribution in [3.63, 3.8) is 0 Å². The van der Waals surface area contributed by atoms with Crippen molar-refractivity contribution in [2.75, 3.05) is 0 Å². The van der Waals surface area contributed by atoms with Crippen LogP contribution in [0, 0.1) is 30.9 Å². The van der Waals surface area contributed by atoms with E-state index in [0.717, 1.165) is 65.4 Å². The molecule has 3 aromatic heterocycles. The molecule has 5 rings (SSSR count). The number of aromatic nitrogens is 2. The molecule has 0 bridgehead atoms. The Labute approximate surface area is 318 Å². The number of carbonyl (C=O) groups is 1. The Bertz CT molecular complexity index is 1910. The van der Waals surface area contributed by atoms with Gasteiger partial charge in [-0.3, -0.25) is 9.78 Å². The number of aliphatic hydroxyl groups excluding tert-OH is 1. The summed E-state index contributed by atoms with van der Waals surface area (Å²) >= 11 is 1.79. The van der Waals surface area contributed by atoms with Crippen molar-refractivity contribution < 1.29 is 34.6 Å². The number of aliphatic hydroxyl groups is 1. The second kappa shape index (κ2) is 18.3. The summed E-state index contributed by atoms with van der Waals surface area (Å²) in [7, 11) is 4.27. The van der Waals surface area contributed by atoms with E-state index < -0.39 is 0 Å². The maximum Gasteiger partial charge on any atom is 0.162 e. The number of fused-ring (bicyclic) bond motifs is 2. The summed E-state index contributed by atoms with van der Waals surface area (Å²) in [6.45, 7) is 19.4. The molecule has 0 saturated carbocycles. The first-order valence-corrected chi connectivity index (χ1v) is 18.8. The van der Waals surface area contributed by atoms with Crippen molar-refractivity contribution in [2.24, 2.45) is 17.8 Å². The maximum atomic E-state index is 11.7. The molecule has 3 heterocycles. The minimum Gasteiger partial charge on any atom is -0.512 e. The van der Waals surface area contributed by atoms with E-state index in [2.05, 4.69) is 102 Å². The third kappa shape index (κ3) is 9.93. The summed E-state index contributed by atoms with van der Waals surface area (Å²) in [4.78, 5) is 16.6. The van der Waals surface area contributed by atoms with Crippen LogP contribution in [-0.2, 0) is 36.7 Å². The molecule has 0 aliphatic carbocycles. The van der Waals surface area contributed by atoms with Crippen LogP contribution in [0.1, 0.15) is 99.1 Å². The summed E-state index contributed by atoms with van der Waals surface area (Å²) in [6, 6.07) is 21.1. The molecule has 0 saturated heterocycles. The predicted octanol–water partition coefficient (Wildman–Crippen LogP) is 11.9. The summed E-state index contributed by atoms with van der Waals surface area (Å²) in [5.41, 5.74) is 8.21. The summed E-state index contributed by atoms with van der Waals surface area (Å²) in [5, 5.41) is 14.4. The zero-order valence-electron chi connectivity index (χ0n) is 31.4. The van der Waals surface area contributed by atoms with Crippen LogP contribution in [0.15, 0.2) is 78.1 Å². The largest absolute Gasteiger partial charge is 0.512 e. The summed E-state index contributed by atoms with van der Waals surface area (Å²) < 4.78 is 3.18. The van der Waals surface area contributed by atoms with E-state index in [1.807, 2.05) is 44.7 Å². The Hall–Kier alpha value is -3.31. The molecule has 0 amide bonds. The van der Waals surface area contributed by atoms with E-state index in [9.17, 15) is 9.90 Å². The second-order valence-corrected chi connectivity index (χ2v) is 15.5. The number of benzene rings is 2. The first kappa shape index (κ1) is 41.1. The molecule has 50 heavy (non-hydrogen) atoms. The van der Waals surface area contributed by atoms with E-state index in [1.54, 1.807) is 11.3 Å². The Morgan fingerprint density at radius 3 is 2.26 bits per heavy atom. The van der Waals surface area contributed by atoms with Gasteiger partial charge in [0, 0.05) is 56.8 Å². The number of allylic oxidation sites excluding steroid dienone is 2. The number of nitrogens with zero attached hydrogens (tertiary/aromatic N) is 2. The molecule has 5 aromatic rings. The van der Waals surface area contributed by atoms with Crippen molar-refractivity contribution in [1.29, 1.82) is 0 Å². The van der Waals surface area contributed by atoms with Gasteiger partial charge in [0.25, 0.3) is 0 Å². The number of carbonyl (C=O) groups excluding carboxylic acids is 1. The number of hydrogen-bond acceptors (Lipinski definition) is 4. The SMILES string of the molecule is CCC(CC)C(=O)/C=C(\O)C(CC)CC.[CH2-][n+]1ccc(-c2cnc3c(CC(C)C)csc3c2)cc1-c1[c-]c2ccccc2c(C(C)(C)C)c1.[Ir]. The van der Waals surface area contributed by atoms with Crippen LogP contribution in [0.25, 0.3) is 43.4 Å². The Morgan fingerprint density at radius 1 is 0.980 bits per heavy atom. The molecule has 0 unspecified atom stereocenters. The topological polar surface area (TPSA) is 54.1 Å². The van der Waals surface area contributed by atoms with Crippen LogP contribution in [0.5, 0.6) is 0 Å². The van der Waals surface area contributed by atoms with Gasteiger partial charge in [0.05, 0.1) is 22.2 Å². The number of hydrogen-bond donors (Lipinski definition) is 1. The average Bonchev–Trinajstić information content (AvgIpc) is 3.46. The van der Waals surface area contributed by atoms with E-state index in [1.165, 1.54) is 27.3 Å². The van der Waals surface area contributed by atoms with E-state index in [4.69, 9.17) is 4.98 Å². The van der Waals surface area contributed by atoms with Gasteiger partial charge in [-0.15, -0.1) is 40.5 Å². The standard InChI is InChI=1S/C31H31N2S.C13H24O2.Ir/c1-20(2)13-25-19-34-29-17-24(18-32-30(25)29)21-11-12-33(6)28(16-21)23-14-22-9-7-8-10-26(22)27(15-23)31(3,4)5;1-5-10(6-2)12(14)9-13(15)11(7-3)8-4;/h7-12,15-20H,6,13H2,1-5H3;9-11,14H,5-8H2,1-4H3;/q-1;;/b;12-9-;. The molecule has 4 nitrogen and oxygen atoms in total. The van der Waals surface area contributed by atoms with Gasteiger partial charge in [-0.05, 0) is 78.1 Å². The van der Waals surface area contributed by atoms with Crippen LogP contribution in [-0.4, -0.2) is 15.9 Å². The fraction of sp³-hybridized carbons (Fsp3) is 0.409. The molecule has 0 aliphatic rings. The van der Waals surface area contributed by atoms with Gasteiger partial charge in [0.15, 0.2) is 5.78 Å². The van der Waals surface area contributed by atoms with Crippen molar-refractivity contribution >= 4 is 38.1 Å². The van der Waals surface area contributed by atoms with Crippen LogP contribution >= 0.6 is 11.3 Å². The molecule has 2 aromatic carbocycles. The Kier molecular flexibility index (Phi) is 15.0. The average molecular weight is 868 g/mol. The third-order valence-electron chi connectivity index (χ3n) is 9.42. The smallest absolute Gasteiger partial charge is 0.162 e. The maximum absolute atomic E-state index is 11.7. The molecular formula is C44H55IrN2O2S-. The molecule has 0 aliphatic heterocycles. The number of rotatable bonds is 11. The monoisotopic (exact) mass is 868 g/mol. The molecule has 269 valence electrons. The zero-order chi connectivity index (χ0) is 35.9. The predicted molar refractivity (Wildman–Crippen MR) is 209 cm³/mol. The molecule has 0 fully saturated rings. The first-order chi connectivity index (χ1) is 23.3. The van der Waals surface area contributed by atoms with Crippen molar-refractivity contribution in [3.05, 3.63) is 102 Å². The zero-order valence-corrected chi connectivity index (χ0v) is 34.6. The van der Waals surface area contributed by atoms with Gasteiger partial charge >= 0.3 is 0 Å². The minimum atomic E-state index is 0. The first-order valence-electron chi connectivity index (χ1n) is 17.9. The van der Waals surface area contributed by atoms with E-state index in [0.29, 0.717) is 5.92 Å². The van der Waals surface area contributed by atoms with Crippen molar-refractivity contribution in [3.8, 4) is 22.4 Å². The second-order valence-electron chi connectivity index (χ2n) is 14.6. The summed E-state index contributed by atoms with van der Waals surface area (Å²) in [6.07, 6.45) is 10.0. The molecular weight excluding hydrogens is 813 g/mol. The van der Waals surface area contributed by atoms with E-state index in [-0.39, 0.29) is 48.9 Å². The van der Waals surface area contributed by atoms with Gasteiger partial charge in [0.2, 0.25) is 0 Å². The molecule has 6 heteroatoms. The van der Waals surface area contributed by atoms with Crippen LogP contribution in [0.4, 0.5) is 0 Å². The fourth-order valence-electron chi connectivity index (χ4n) is 6.42. The normalized spacial score (nSPS) is 12.0. The van der Waals surface area contributed by atoms with Gasteiger partial charge in [-0.2, -0.15) is 0 Å². The van der Waals surface area contributed by atoms with Gasteiger partial charge in [-0.1, -0.05) is 91.5 Å². The van der Waals surface area contributed by atoms with E-state index >= 15 is 0 Å².